The third-order valence-corrected chi connectivity index (χ3v) is 2.27. The molecule has 0 aromatic heterocycles. The van der Waals surface area contributed by atoms with Gasteiger partial charge < -0.3 is 15.6 Å². The van der Waals surface area contributed by atoms with Gasteiger partial charge in [0.2, 0.25) is 0 Å². The number of ether oxygens (including phenoxy) is 1. The number of aliphatic hydroxyl groups is 1. The van der Waals surface area contributed by atoms with E-state index in [9.17, 15) is 0 Å². The highest BCUT2D eigenvalue weighted by molar-refractivity contribution is 5.20. The van der Waals surface area contributed by atoms with Gasteiger partial charge in [0, 0.05) is 5.54 Å². The lowest BCUT2D eigenvalue weighted by molar-refractivity contribution is 0.188. The van der Waals surface area contributed by atoms with Crippen molar-refractivity contribution >= 4 is 0 Å². The molecule has 1 aromatic rings. The Morgan fingerprint density at radius 3 is 2.60 bits per heavy atom. The van der Waals surface area contributed by atoms with Crippen LogP contribution in [0.1, 0.15) is 19.8 Å². The fourth-order valence-electron chi connectivity index (χ4n) is 1.26. The second kappa shape index (κ2) is 5.73. The molecule has 1 aromatic carbocycles. The third-order valence-electron chi connectivity index (χ3n) is 2.27. The molecule has 0 saturated heterocycles. The van der Waals surface area contributed by atoms with E-state index in [2.05, 4.69) is 0 Å². The van der Waals surface area contributed by atoms with Crippen LogP contribution >= 0.6 is 0 Å². The molecule has 1 rings (SSSR count). The number of hydrogen-bond donors (Lipinski definition) is 2. The first kappa shape index (κ1) is 12.0. The molecule has 3 nitrogen and oxygen atoms in total. The zero-order valence-corrected chi connectivity index (χ0v) is 9.15. The summed E-state index contributed by atoms with van der Waals surface area (Å²) in [7, 11) is 0. The van der Waals surface area contributed by atoms with Gasteiger partial charge in [0.15, 0.2) is 0 Å². The predicted molar refractivity (Wildman–Crippen MR) is 60.8 cm³/mol. The minimum absolute atomic E-state index is 0.0122. The van der Waals surface area contributed by atoms with E-state index in [1.165, 1.54) is 0 Å². The average molecular weight is 209 g/mol. The molecular formula is C12H19NO2. The molecule has 0 heterocycles. The van der Waals surface area contributed by atoms with E-state index >= 15 is 0 Å². The normalized spacial score (nSPS) is 14.6. The quantitative estimate of drug-likeness (QED) is 0.699. The van der Waals surface area contributed by atoms with E-state index in [0.29, 0.717) is 6.61 Å². The van der Waals surface area contributed by atoms with Crippen LogP contribution in [0.25, 0.3) is 0 Å². The molecule has 0 bridgehead atoms. The summed E-state index contributed by atoms with van der Waals surface area (Å²) in [5.74, 6) is 0.875. The lowest BCUT2D eigenvalue weighted by Gasteiger charge is -2.21. The SMILES string of the molecule is CC(N)(CO)CCCOc1ccccc1. The Balaban J connectivity index is 2.18. The van der Waals surface area contributed by atoms with Crippen LogP contribution in [0.2, 0.25) is 0 Å². The van der Waals surface area contributed by atoms with Crippen molar-refractivity contribution in [2.75, 3.05) is 13.2 Å². The number of aliphatic hydroxyl groups excluding tert-OH is 1. The first-order valence-corrected chi connectivity index (χ1v) is 5.22. The van der Waals surface area contributed by atoms with Gasteiger partial charge in [-0.1, -0.05) is 18.2 Å². The Bertz CT molecular complexity index is 272. The standard InChI is InChI=1S/C12H19NO2/c1-12(13,10-14)8-5-9-15-11-6-3-2-4-7-11/h2-4,6-7,14H,5,8-10,13H2,1H3. The van der Waals surface area contributed by atoms with Gasteiger partial charge in [-0.2, -0.15) is 0 Å². The topological polar surface area (TPSA) is 55.5 Å². The summed E-state index contributed by atoms with van der Waals surface area (Å²) < 4.78 is 5.51. The summed E-state index contributed by atoms with van der Waals surface area (Å²) in [6, 6.07) is 9.68. The van der Waals surface area contributed by atoms with Gasteiger partial charge in [-0.3, -0.25) is 0 Å². The molecule has 3 N–H and O–H groups in total. The highest BCUT2D eigenvalue weighted by Crippen LogP contribution is 2.11. The fourth-order valence-corrected chi connectivity index (χ4v) is 1.26. The van der Waals surface area contributed by atoms with Gasteiger partial charge in [-0.15, -0.1) is 0 Å². The molecule has 0 aliphatic rings. The van der Waals surface area contributed by atoms with Crippen LogP contribution in [-0.4, -0.2) is 23.9 Å². The summed E-state index contributed by atoms with van der Waals surface area (Å²) in [6.07, 6.45) is 1.61. The Labute approximate surface area is 90.9 Å². The third kappa shape index (κ3) is 4.81. The minimum atomic E-state index is -0.486. The van der Waals surface area contributed by atoms with Crippen LogP contribution in [0.3, 0.4) is 0 Å². The van der Waals surface area contributed by atoms with Crippen molar-refractivity contribution in [1.82, 2.24) is 0 Å². The Kier molecular flexibility index (Phi) is 4.59. The molecule has 1 atom stereocenters. The van der Waals surface area contributed by atoms with E-state index < -0.39 is 5.54 Å². The fraction of sp³-hybridized carbons (Fsp3) is 0.500. The molecule has 3 heteroatoms. The van der Waals surface area contributed by atoms with Crippen LogP contribution in [0.15, 0.2) is 30.3 Å². The first-order chi connectivity index (χ1) is 7.14. The van der Waals surface area contributed by atoms with Crippen molar-refractivity contribution < 1.29 is 9.84 Å². The number of nitrogens with two attached hydrogens (primary N) is 1. The Morgan fingerprint density at radius 2 is 2.00 bits per heavy atom. The van der Waals surface area contributed by atoms with Gasteiger partial charge >= 0.3 is 0 Å². The van der Waals surface area contributed by atoms with Crippen molar-refractivity contribution in [2.45, 2.75) is 25.3 Å². The maximum Gasteiger partial charge on any atom is 0.119 e. The van der Waals surface area contributed by atoms with Gasteiger partial charge in [-0.05, 0) is 31.9 Å². The summed E-state index contributed by atoms with van der Waals surface area (Å²) >= 11 is 0. The number of benzene rings is 1. The summed E-state index contributed by atoms with van der Waals surface area (Å²) in [6.45, 7) is 2.49. The monoisotopic (exact) mass is 209 g/mol. The highest BCUT2D eigenvalue weighted by atomic mass is 16.5. The number of rotatable bonds is 6. The molecule has 0 saturated carbocycles. The van der Waals surface area contributed by atoms with Gasteiger partial charge in [-0.25, -0.2) is 0 Å². The zero-order chi connectivity index (χ0) is 11.1. The van der Waals surface area contributed by atoms with Crippen molar-refractivity contribution in [3.05, 3.63) is 30.3 Å². The van der Waals surface area contributed by atoms with Gasteiger partial charge in [0.1, 0.15) is 5.75 Å². The van der Waals surface area contributed by atoms with Crippen LogP contribution in [0, 0.1) is 0 Å². The van der Waals surface area contributed by atoms with Crippen LogP contribution < -0.4 is 10.5 Å². The first-order valence-electron chi connectivity index (χ1n) is 5.22. The smallest absolute Gasteiger partial charge is 0.119 e. The summed E-state index contributed by atoms with van der Waals surface area (Å²) in [4.78, 5) is 0. The second-order valence-electron chi connectivity index (χ2n) is 4.08. The maximum atomic E-state index is 8.94. The maximum absolute atomic E-state index is 8.94. The van der Waals surface area contributed by atoms with Crippen LogP contribution in [0.5, 0.6) is 5.75 Å². The molecule has 0 radical (unpaired) electrons. The molecule has 0 aliphatic heterocycles. The van der Waals surface area contributed by atoms with Crippen molar-refractivity contribution in [1.29, 1.82) is 0 Å². The van der Waals surface area contributed by atoms with E-state index in [0.717, 1.165) is 18.6 Å². The second-order valence-corrected chi connectivity index (χ2v) is 4.08. The molecule has 0 amide bonds. The molecule has 0 fully saturated rings. The highest BCUT2D eigenvalue weighted by Gasteiger charge is 2.15. The molecular weight excluding hydrogens is 190 g/mol. The van der Waals surface area contributed by atoms with Gasteiger partial charge in [0.25, 0.3) is 0 Å². The van der Waals surface area contributed by atoms with E-state index in [4.69, 9.17) is 15.6 Å². The predicted octanol–water partition coefficient (Wildman–Crippen LogP) is 1.56. The van der Waals surface area contributed by atoms with E-state index in [1.807, 2.05) is 37.3 Å². The van der Waals surface area contributed by atoms with Crippen LogP contribution in [-0.2, 0) is 0 Å². The molecule has 15 heavy (non-hydrogen) atoms. The minimum Gasteiger partial charge on any atom is -0.494 e. The molecule has 1 unspecified atom stereocenters. The lowest BCUT2D eigenvalue weighted by atomic mass is 9.99. The summed E-state index contributed by atoms with van der Waals surface area (Å²) in [5.41, 5.74) is 5.30. The molecule has 84 valence electrons. The zero-order valence-electron chi connectivity index (χ0n) is 9.15. The molecule has 0 aliphatic carbocycles. The summed E-state index contributed by atoms with van der Waals surface area (Å²) in [5, 5.41) is 8.94. The Hall–Kier alpha value is -1.06. The largest absolute Gasteiger partial charge is 0.494 e. The van der Waals surface area contributed by atoms with Gasteiger partial charge in [0.05, 0.1) is 13.2 Å². The van der Waals surface area contributed by atoms with Crippen molar-refractivity contribution in [3.63, 3.8) is 0 Å². The lowest BCUT2D eigenvalue weighted by Crippen LogP contribution is -2.40. The van der Waals surface area contributed by atoms with Crippen molar-refractivity contribution in [2.24, 2.45) is 5.73 Å². The van der Waals surface area contributed by atoms with Crippen molar-refractivity contribution in [3.8, 4) is 5.75 Å². The number of para-hydroxylation sites is 1. The molecule has 0 spiro atoms. The van der Waals surface area contributed by atoms with E-state index in [-0.39, 0.29) is 6.61 Å². The average Bonchev–Trinajstić information content (AvgIpc) is 2.26. The number of hydrogen-bond acceptors (Lipinski definition) is 3. The van der Waals surface area contributed by atoms with Crippen LogP contribution in [0.4, 0.5) is 0 Å². The van der Waals surface area contributed by atoms with E-state index in [1.54, 1.807) is 0 Å². The Morgan fingerprint density at radius 1 is 1.33 bits per heavy atom.